The number of hydrogen-bond acceptors (Lipinski definition) is 12. The molecule has 2 aliphatic rings. The summed E-state index contributed by atoms with van der Waals surface area (Å²) < 4.78 is 22.2. The van der Waals surface area contributed by atoms with Crippen LogP contribution >= 0.6 is 0 Å². The Labute approximate surface area is 189 Å². The highest BCUT2D eigenvalue weighted by Gasteiger charge is 2.51. The summed E-state index contributed by atoms with van der Waals surface area (Å²) in [6.07, 6.45) is -15.9. The van der Waals surface area contributed by atoms with E-state index in [1.165, 1.54) is 0 Å². The van der Waals surface area contributed by atoms with E-state index in [2.05, 4.69) is 11.5 Å². The predicted molar refractivity (Wildman–Crippen MR) is 103 cm³/mol. The molecule has 33 heavy (non-hydrogen) atoms. The van der Waals surface area contributed by atoms with Gasteiger partial charge >= 0.3 is 5.97 Å². The van der Waals surface area contributed by atoms with Crippen molar-refractivity contribution in [1.29, 1.82) is 0 Å². The zero-order chi connectivity index (χ0) is 24.9. The van der Waals surface area contributed by atoms with Crippen molar-refractivity contribution >= 4 is 5.97 Å². The molecule has 0 unspecified atom stereocenters. The average molecular weight is 488 g/mol. The lowest BCUT2D eigenvalue weighted by atomic mass is 9.97. The predicted octanol–water partition coefficient (Wildman–Crippen LogP) is -7.29. The van der Waals surface area contributed by atoms with Gasteiger partial charge in [-0.3, -0.25) is 0 Å². The Kier molecular flexibility index (Phi) is 10.8. The number of aliphatic hydroxyl groups excluding tert-OH is 7. The van der Waals surface area contributed by atoms with Crippen LogP contribution in [0.3, 0.4) is 0 Å². The second kappa shape index (κ2) is 12.6. The fraction of sp³-hybridized carbons (Fsp3) is 0.944. The summed E-state index contributed by atoms with van der Waals surface area (Å²) in [4.78, 5) is 11.0. The minimum absolute atomic E-state index is 0.148. The number of ether oxygens (including phenoxy) is 4. The number of hydrogen-bond donors (Lipinski definition) is 10. The minimum atomic E-state index is -1.78. The van der Waals surface area contributed by atoms with Gasteiger partial charge in [-0.25, -0.2) is 4.79 Å². The van der Waals surface area contributed by atoms with Crippen molar-refractivity contribution in [1.82, 2.24) is 0 Å². The average Bonchev–Trinajstić information content (AvgIpc) is 2.80. The Morgan fingerprint density at radius 2 is 1.39 bits per heavy atom. The normalized spacial score (nSPS) is 41.5. The molecule has 14 N–H and O–H groups in total. The number of carboxylic acid groups (broad SMARTS) is 1. The maximum atomic E-state index is 11.0. The molecule has 0 bridgehead atoms. The lowest BCUT2D eigenvalue weighted by Crippen LogP contribution is -2.66. The summed E-state index contributed by atoms with van der Waals surface area (Å²) in [5.74, 6) is -1.09. The molecule has 2 saturated heterocycles. The van der Waals surface area contributed by atoms with E-state index in [1.807, 2.05) is 0 Å². The van der Waals surface area contributed by atoms with Crippen LogP contribution in [0.4, 0.5) is 0 Å². The summed E-state index contributed by atoms with van der Waals surface area (Å²) in [6, 6.07) is -0.895. The fourth-order valence-electron chi connectivity index (χ4n) is 3.63. The van der Waals surface area contributed by atoms with Crippen LogP contribution in [0.1, 0.15) is 12.8 Å². The van der Waals surface area contributed by atoms with Crippen molar-refractivity contribution in [2.45, 2.75) is 86.4 Å². The van der Waals surface area contributed by atoms with E-state index in [1.54, 1.807) is 0 Å². The zero-order valence-electron chi connectivity index (χ0n) is 18.0. The first-order valence-electron chi connectivity index (χ1n) is 10.6. The van der Waals surface area contributed by atoms with Gasteiger partial charge in [-0.05, 0) is 6.42 Å². The van der Waals surface area contributed by atoms with Crippen LogP contribution in [-0.4, -0.2) is 140 Å². The molecule has 2 rings (SSSR count). The fourth-order valence-corrected chi connectivity index (χ4v) is 3.63. The molecule has 194 valence electrons. The summed E-state index contributed by atoms with van der Waals surface area (Å²) in [6.45, 7) is -1.20. The highest BCUT2D eigenvalue weighted by molar-refractivity contribution is 5.71. The summed E-state index contributed by atoms with van der Waals surface area (Å²) >= 11 is 0. The zero-order valence-corrected chi connectivity index (χ0v) is 18.0. The lowest BCUT2D eigenvalue weighted by molar-refractivity contribution is -0.419. The van der Waals surface area contributed by atoms with E-state index in [0.29, 0.717) is 0 Å². The molecule has 0 amide bonds. The molecular formula is C18H36N2O13+2. The van der Waals surface area contributed by atoms with Crippen LogP contribution in [0, 0.1) is 0 Å². The molecular weight excluding hydrogens is 452 g/mol. The molecule has 2 aliphatic heterocycles. The van der Waals surface area contributed by atoms with Crippen molar-refractivity contribution in [3.63, 3.8) is 0 Å². The smallest absolute Gasteiger partial charge is 0.362 e. The van der Waals surface area contributed by atoms with E-state index >= 15 is 0 Å². The number of quaternary nitrogens is 2. The van der Waals surface area contributed by atoms with Gasteiger partial charge in [0.1, 0.15) is 61.5 Å². The van der Waals surface area contributed by atoms with Crippen LogP contribution in [0.25, 0.3) is 0 Å². The highest BCUT2D eigenvalue weighted by atomic mass is 16.8. The molecule has 0 aromatic heterocycles. The maximum Gasteiger partial charge on any atom is 0.362 e. The number of aliphatic carboxylic acids is 1. The molecule has 0 spiro atoms. The monoisotopic (exact) mass is 488 g/mol. The first-order valence-corrected chi connectivity index (χ1v) is 10.6. The Morgan fingerprint density at radius 1 is 0.848 bits per heavy atom. The number of aliphatic hydroxyl groups is 7. The molecule has 2 heterocycles. The quantitative estimate of drug-likeness (QED) is 0.130. The van der Waals surface area contributed by atoms with Gasteiger partial charge in [0.15, 0.2) is 18.6 Å². The maximum absolute atomic E-state index is 11.0. The van der Waals surface area contributed by atoms with E-state index in [9.17, 15) is 40.5 Å². The first kappa shape index (κ1) is 28.2. The third-order valence-electron chi connectivity index (χ3n) is 5.80. The van der Waals surface area contributed by atoms with Crippen LogP contribution in [0.5, 0.6) is 0 Å². The molecule has 0 saturated carbocycles. The molecule has 15 heteroatoms. The van der Waals surface area contributed by atoms with Crippen molar-refractivity contribution in [3.05, 3.63) is 0 Å². The van der Waals surface area contributed by atoms with Gasteiger partial charge in [0, 0.05) is 6.42 Å². The number of rotatable bonds is 11. The van der Waals surface area contributed by atoms with Crippen molar-refractivity contribution in [2.24, 2.45) is 0 Å². The third-order valence-corrected chi connectivity index (χ3v) is 5.80. The van der Waals surface area contributed by atoms with Gasteiger partial charge in [0.05, 0.1) is 13.2 Å². The third kappa shape index (κ3) is 6.76. The van der Waals surface area contributed by atoms with Gasteiger partial charge in [-0.1, -0.05) is 0 Å². The SMILES string of the molecule is [NH3+]C[C@H](CC[C@H]([NH3+])C(=O)O)O[C@@H]1O[C@H](CO)[C@H](O)[C@H](O)[C@H]1O[C@H]1O[C@H](CO)[C@@H](O)[C@H](O)[C@H]1O. The van der Waals surface area contributed by atoms with Gasteiger partial charge in [0.25, 0.3) is 0 Å². The van der Waals surface area contributed by atoms with Gasteiger partial charge in [-0.15, -0.1) is 0 Å². The molecule has 15 nitrogen and oxygen atoms in total. The van der Waals surface area contributed by atoms with Crippen molar-refractivity contribution in [3.8, 4) is 0 Å². The molecule has 0 aromatic rings. The lowest BCUT2D eigenvalue weighted by Gasteiger charge is -2.46. The van der Waals surface area contributed by atoms with Crippen LogP contribution in [0.2, 0.25) is 0 Å². The molecule has 0 aromatic carbocycles. The number of carboxylic acids is 1. The summed E-state index contributed by atoms with van der Waals surface area (Å²) in [7, 11) is 0. The molecule has 0 aliphatic carbocycles. The van der Waals surface area contributed by atoms with E-state index in [-0.39, 0.29) is 19.4 Å². The first-order chi connectivity index (χ1) is 15.5. The van der Waals surface area contributed by atoms with Crippen LogP contribution in [0.15, 0.2) is 0 Å². The van der Waals surface area contributed by atoms with Crippen LogP contribution in [-0.2, 0) is 23.7 Å². The van der Waals surface area contributed by atoms with Crippen LogP contribution < -0.4 is 11.5 Å². The second-order valence-electron chi connectivity index (χ2n) is 8.16. The Morgan fingerprint density at radius 3 is 1.91 bits per heavy atom. The largest absolute Gasteiger partial charge is 0.477 e. The Balaban J connectivity index is 2.18. The van der Waals surface area contributed by atoms with E-state index in [0.717, 1.165) is 0 Å². The Hall–Kier alpha value is -1.05. The minimum Gasteiger partial charge on any atom is -0.477 e. The standard InChI is InChI=1S/C18H34N2O13/c19-3-6(1-2-7(20)16(28)29)30-18-15(13(26)11(24)9(5-22)32-18)33-17-14(27)12(25)10(23)8(4-21)31-17/h6-15,17-18,21-27H,1-5,19-20H2,(H,28,29)/p+2/t6-,7-,8+,9+,10+,11-,12-,13-,14+,15+,17+,18+/m0/s1. The topological polar surface area (TPSA) is 271 Å². The van der Waals surface area contributed by atoms with Gasteiger partial charge in [0.2, 0.25) is 0 Å². The van der Waals surface area contributed by atoms with Gasteiger partial charge in [-0.2, -0.15) is 0 Å². The number of carbonyl (C=O) groups is 1. The summed E-state index contributed by atoms with van der Waals surface area (Å²) in [5, 5.41) is 78.8. The molecule has 0 radical (unpaired) electrons. The molecule has 2 fully saturated rings. The Bertz CT molecular complexity index is 614. The van der Waals surface area contributed by atoms with Gasteiger partial charge < -0.3 is 71.3 Å². The van der Waals surface area contributed by atoms with Crippen molar-refractivity contribution in [2.75, 3.05) is 19.8 Å². The van der Waals surface area contributed by atoms with E-state index < -0.39 is 92.7 Å². The second-order valence-corrected chi connectivity index (χ2v) is 8.16. The highest BCUT2D eigenvalue weighted by Crippen LogP contribution is 2.30. The van der Waals surface area contributed by atoms with E-state index in [4.69, 9.17) is 24.1 Å². The molecule has 12 atom stereocenters. The summed E-state index contributed by atoms with van der Waals surface area (Å²) in [5.41, 5.74) is 7.26. The van der Waals surface area contributed by atoms with Crippen molar-refractivity contribution < 1.29 is 76.1 Å².